The highest BCUT2D eigenvalue weighted by atomic mass is 16.2. The van der Waals surface area contributed by atoms with Gasteiger partial charge in [-0.25, -0.2) is 0 Å². The van der Waals surface area contributed by atoms with Crippen LogP contribution in [0.3, 0.4) is 0 Å². The molecule has 3 heterocycles. The average molecular weight is 321 g/mol. The monoisotopic (exact) mass is 321 g/mol. The highest BCUT2D eigenvalue weighted by Crippen LogP contribution is 2.31. The Labute approximate surface area is 140 Å². The second-order valence-electron chi connectivity index (χ2n) is 7.58. The summed E-state index contributed by atoms with van der Waals surface area (Å²) in [6, 6.07) is 1.000. The Balaban J connectivity index is 1.55. The Morgan fingerprint density at radius 2 is 1.48 bits per heavy atom. The number of nitrogens with zero attached hydrogens (tertiary/aromatic N) is 3. The first kappa shape index (κ1) is 16.7. The molecule has 0 aromatic rings. The Morgan fingerprint density at radius 3 is 2.13 bits per heavy atom. The maximum absolute atomic E-state index is 11.9. The van der Waals surface area contributed by atoms with Crippen molar-refractivity contribution in [2.24, 2.45) is 5.92 Å². The predicted octanol–water partition coefficient (Wildman–Crippen LogP) is 1.72. The number of likely N-dealkylation sites (tertiary alicyclic amines) is 3. The zero-order valence-electron chi connectivity index (χ0n) is 14.7. The smallest absolute Gasteiger partial charge is 0.219 e. The van der Waals surface area contributed by atoms with Crippen molar-refractivity contribution in [3.05, 3.63) is 0 Å². The molecule has 0 aliphatic carbocycles. The van der Waals surface area contributed by atoms with Crippen LogP contribution in [0.1, 0.15) is 52.4 Å². The van der Waals surface area contributed by atoms with E-state index < -0.39 is 0 Å². The molecule has 2 atom stereocenters. The quantitative estimate of drug-likeness (QED) is 0.795. The molecule has 0 bridgehead atoms. The molecular weight excluding hydrogens is 290 g/mol. The van der Waals surface area contributed by atoms with Crippen LogP contribution >= 0.6 is 0 Å². The van der Waals surface area contributed by atoms with E-state index in [0.717, 1.165) is 45.4 Å². The van der Waals surface area contributed by atoms with Gasteiger partial charge in [0.05, 0.1) is 0 Å². The van der Waals surface area contributed by atoms with Crippen LogP contribution in [0.2, 0.25) is 0 Å². The number of rotatable bonds is 3. The highest BCUT2D eigenvalue weighted by molar-refractivity contribution is 5.74. The van der Waals surface area contributed by atoms with Gasteiger partial charge in [-0.15, -0.1) is 0 Å². The second kappa shape index (κ2) is 7.20. The van der Waals surface area contributed by atoms with Crippen molar-refractivity contribution < 1.29 is 9.59 Å². The molecule has 0 N–H and O–H groups in total. The molecule has 0 aromatic carbocycles. The fraction of sp³-hybridized carbons (Fsp3) is 0.889. The molecular formula is C18H31N3O2. The molecule has 0 saturated carbocycles. The molecule has 0 aromatic heterocycles. The van der Waals surface area contributed by atoms with E-state index in [9.17, 15) is 9.59 Å². The normalized spacial score (nSPS) is 30.2. The van der Waals surface area contributed by atoms with Crippen LogP contribution in [0.5, 0.6) is 0 Å². The largest absolute Gasteiger partial charge is 0.343 e. The fourth-order valence-electron chi connectivity index (χ4n) is 4.86. The zero-order valence-corrected chi connectivity index (χ0v) is 14.7. The van der Waals surface area contributed by atoms with Crippen LogP contribution in [0.25, 0.3) is 0 Å². The molecule has 3 fully saturated rings. The van der Waals surface area contributed by atoms with Crippen molar-refractivity contribution in [2.75, 3.05) is 32.7 Å². The van der Waals surface area contributed by atoms with Crippen molar-refractivity contribution in [2.45, 2.75) is 64.5 Å². The topological polar surface area (TPSA) is 43.9 Å². The number of hydrogen-bond donors (Lipinski definition) is 0. The molecule has 3 aliphatic heterocycles. The SMILES string of the molecule is CC(=O)N1CCC(CN2CCC[C@H]2[C@@H]2CCCN2C(C)=O)CC1. The maximum Gasteiger partial charge on any atom is 0.219 e. The van der Waals surface area contributed by atoms with Gasteiger partial charge in [0.25, 0.3) is 0 Å². The lowest BCUT2D eigenvalue weighted by molar-refractivity contribution is -0.130. The van der Waals surface area contributed by atoms with Crippen molar-refractivity contribution in [1.82, 2.24) is 14.7 Å². The van der Waals surface area contributed by atoms with E-state index in [4.69, 9.17) is 0 Å². The zero-order chi connectivity index (χ0) is 16.4. The fourth-order valence-corrected chi connectivity index (χ4v) is 4.86. The van der Waals surface area contributed by atoms with Gasteiger partial charge in [-0.1, -0.05) is 0 Å². The second-order valence-corrected chi connectivity index (χ2v) is 7.58. The Bertz CT molecular complexity index is 446. The lowest BCUT2D eigenvalue weighted by Crippen LogP contribution is -2.49. The van der Waals surface area contributed by atoms with E-state index in [2.05, 4.69) is 9.80 Å². The average Bonchev–Trinajstić information content (AvgIpc) is 3.15. The number of carbonyl (C=O) groups is 2. The van der Waals surface area contributed by atoms with Gasteiger partial charge >= 0.3 is 0 Å². The first-order valence-corrected chi connectivity index (χ1v) is 9.33. The molecule has 0 spiro atoms. The summed E-state index contributed by atoms with van der Waals surface area (Å²) in [7, 11) is 0. The molecule has 0 unspecified atom stereocenters. The van der Waals surface area contributed by atoms with Crippen molar-refractivity contribution >= 4 is 11.8 Å². The first-order valence-electron chi connectivity index (χ1n) is 9.33. The van der Waals surface area contributed by atoms with E-state index in [0.29, 0.717) is 18.0 Å². The number of carbonyl (C=O) groups excluding carboxylic acids is 2. The number of hydrogen-bond acceptors (Lipinski definition) is 3. The van der Waals surface area contributed by atoms with Crippen LogP contribution in [0, 0.1) is 5.92 Å². The van der Waals surface area contributed by atoms with E-state index in [-0.39, 0.29) is 11.8 Å². The van der Waals surface area contributed by atoms with Gasteiger partial charge in [-0.3, -0.25) is 14.5 Å². The standard InChI is InChI=1S/C18H31N3O2/c1-14(22)19-11-7-16(8-12-19)13-20-9-3-5-17(20)18-6-4-10-21(18)15(2)23/h16-18H,3-13H2,1-2H3/t17-,18-/m0/s1. The van der Waals surface area contributed by atoms with Crippen molar-refractivity contribution in [3.8, 4) is 0 Å². The summed E-state index contributed by atoms with van der Waals surface area (Å²) >= 11 is 0. The van der Waals surface area contributed by atoms with Gasteiger partial charge in [0, 0.05) is 52.1 Å². The summed E-state index contributed by atoms with van der Waals surface area (Å²) in [5.74, 6) is 1.16. The number of amides is 2. The minimum atomic E-state index is 0.213. The summed E-state index contributed by atoms with van der Waals surface area (Å²) < 4.78 is 0. The van der Waals surface area contributed by atoms with Crippen LogP contribution < -0.4 is 0 Å². The van der Waals surface area contributed by atoms with Crippen LogP contribution in [0.15, 0.2) is 0 Å². The van der Waals surface area contributed by atoms with E-state index in [1.54, 1.807) is 13.8 Å². The summed E-state index contributed by atoms with van der Waals surface area (Å²) in [4.78, 5) is 30.1. The molecule has 23 heavy (non-hydrogen) atoms. The molecule has 5 nitrogen and oxygen atoms in total. The van der Waals surface area contributed by atoms with E-state index in [1.165, 1.54) is 25.8 Å². The Kier molecular flexibility index (Phi) is 5.24. The third kappa shape index (κ3) is 3.70. The van der Waals surface area contributed by atoms with Crippen LogP contribution in [0.4, 0.5) is 0 Å². The van der Waals surface area contributed by atoms with Gasteiger partial charge < -0.3 is 9.80 Å². The van der Waals surface area contributed by atoms with Gasteiger partial charge in [-0.2, -0.15) is 0 Å². The molecule has 3 saturated heterocycles. The van der Waals surface area contributed by atoms with E-state index >= 15 is 0 Å². The van der Waals surface area contributed by atoms with Crippen molar-refractivity contribution in [3.63, 3.8) is 0 Å². The highest BCUT2D eigenvalue weighted by Gasteiger charge is 2.39. The number of piperidine rings is 1. The third-order valence-corrected chi connectivity index (χ3v) is 6.11. The molecule has 2 amide bonds. The Hall–Kier alpha value is -1.10. The van der Waals surface area contributed by atoms with Crippen LogP contribution in [-0.4, -0.2) is 71.3 Å². The summed E-state index contributed by atoms with van der Waals surface area (Å²) in [6.07, 6.45) is 7.09. The Morgan fingerprint density at radius 1 is 0.826 bits per heavy atom. The van der Waals surface area contributed by atoms with Gasteiger partial charge in [-0.05, 0) is 51.0 Å². The van der Waals surface area contributed by atoms with Gasteiger partial charge in [0.15, 0.2) is 0 Å². The summed E-state index contributed by atoms with van der Waals surface area (Å²) in [5, 5.41) is 0. The van der Waals surface area contributed by atoms with Gasteiger partial charge in [0.2, 0.25) is 11.8 Å². The summed E-state index contributed by atoms with van der Waals surface area (Å²) in [5.41, 5.74) is 0. The van der Waals surface area contributed by atoms with E-state index in [1.807, 2.05) is 4.90 Å². The molecule has 3 aliphatic rings. The van der Waals surface area contributed by atoms with Crippen molar-refractivity contribution in [1.29, 1.82) is 0 Å². The maximum atomic E-state index is 11.9. The van der Waals surface area contributed by atoms with Crippen LogP contribution in [-0.2, 0) is 9.59 Å². The van der Waals surface area contributed by atoms with Gasteiger partial charge in [0.1, 0.15) is 0 Å². The predicted molar refractivity (Wildman–Crippen MR) is 90.0 cm³/mol. The molecule has 5 heteroatoms. The summed E-state index contributed by atoms with van der Waals surface area (Å²) in [6.45, 7) is 8.51. The lowest BCUT2D eigenvalue weighted by Gasteiger charge is -2.38. The minimum Gasteiger partial charge on any atom is -0.343 e. The molecule has 0 radical (unpaired) electrons. The third-order valence-electron chi connectivity index (χ3n) is 6.11. The first-order chi connectivity index (χ1) is 11.1. The molecule has 130 valence electrons. The lowest BCUT2D eigenvalue weighted by atomic mass is 9.95. The minimum absolute atomic E-state index is 0.213. The molecule has 3 rings (SSSR count).